The third-order valence-electron chi connectivity index (χ3n) is 6.65. The van der Waals surface area contributed by atoms with Gasteiger partial charge in [0.15, 0.2) is 0 Å². The number of hydrogen-bond acceptors (Lipinski definition) is 4. The Bertz CT molecular complexity index is 1280. The van der Waals surface area contributed by atoms with Crippen LogP contribution >= 0.6 is 0 Å². The number of benzodiazepines with no additional fused rings is 1. The van der Waals surface area contributed by atoms with Crippen LogP contribution in [0.3, 0.4) is 0 Å². The highest BCUT2D eigenvalue weighted by Gasteiger charge is 2.35. The molecule has 0 N–H and O–H groups in total. The summed E-state index contributed by atoms with van der Waals surface area (Å²) in [5.41, 5.74) is 4.66. The van der Waals surface area contributed by atoms with E-state index in [1.807, 2.05) is 66.4 Å². The van der Waals surface area contributed by atoms with Gasteiger partial charge in [-0.25, -0.2) is 0 Å². The number of carbonyl (C=O) groups excluding carboxylic acids is 3. The molecule has 1 atom stereocenters. The van der Waals surface area contributed by atoms with Crippen LogP contribution in [0.15, 0.2) is 83.9 Å². The molecule has 0 saturated heterocycles. The number of unbranched alkanes of at least 4 members (excludes halogenated alkanes) is 1. The van der Waals surface area contributed by atoms with Crippen LogP contribution in [-0.2, 0) is 11.2 Å². The molecule has 6 nitrogen and oxygen atoms in total. The average Bonchev–Trinajstić information content (AvgIpc) is 3.07. The maximum Gasteiger partial charge on any atom is 0.261 e. The molecule has 2 heterocycles. The zero-order valence-corrected chi connectivity index (χ0v) is 19.7. The summed E-state index contributed by atoms with van der Waals surface area (Å²) in [6.45, 7) is 2.78. The predicted octanol–water partition coefficient (Wildman–Crippen LogP) is 4.53. The van der Waals surface area contributed by atoms with Crippen molar-refractivity contribution < 1.29 is 14.4 Å². The van der Waals surface area contributed by atoms with Gasteiger partial charge in [-0.2, -0.15) is 0 Å². The second-order valence-electron chi connectivity index (χ2n) is 8.94. The van der Waals surface area contributed by atoms with Crippen LogP contribution in [0.1, 0.15) is 51.6 Å². The van der Waals surface area contributed by atoms with Crippen molar-refractivity contribution >= 4 is 29.1 Å². The van der Waals surface area contributed by atoms with E-state index < -0.39 is 6.04 Å². The summed E-state index contributed by atoms with van der Waals surface area (Å²) in [6, 6.07) is 24.2. The number of rotatable bonds is 7. The summed E-state index contributed by atoms with van der Waals surface area (Å²) in [5, 5.41) is 0. The van der Waals surface area contributed by atoms with Crippen molar-refractivity contribution in [3.8, 4) is 0 Å². The molecule has 0 aliphatic carbocycles. The number of carbonyl (C=O) groups is 3. The standard InChI is InChI=1S/C29H27N3O3/c1-20-22-13-7-8-16-26(22)31(29(35)25(30-20)19-21-11-3-2-4-12-21)17-9-10-18-32-27(33)23-14-5-6-15-24(23)28(32)34/h2-8,11-16,25H,9-10,17-19H2,1H3. The van der Waals surface area contributed by atoms with Gasteiger partial charge in [-0.1, -0.05) is 60.7 Å². The van der Waals surface area contributed by atoms with Crippen molar-refractivity contribution in [1.29, 1.82) is 0 Å². The van der Waals surface area contributed by atoms with E-state index in [9.17, 15) is 14.4 Å². The highest BCUT2D eigenvalue weighted by atomic mass is 16.2. The van der Waals surface area contributed by atoms with Gasteiger partial charge >= 0.3 is 0 Å². The molecule has 1 unspecified atom stereocenters. The molecule has 3 aromatic carbocycles. The lowest BCUT2D eigenvalue weighted by molar-refractivity contribution is -0.119. The minimum absolute atomic E-state index is 0.0288. The van der Waals surface area contributed by atoms with E-state index in [4.69, 9.17) is 4.99 Å². The number of amides is 3. The normalized spacial score (nSPS) is 17.2. The minimum atomic E-state index is -0.499. The molecule has 0 aromatic heterocycles. The highest BCUT2D eigenvalue weighted by Crippen LogP contribution is 2.28. The Morgan fingerprint density at radius 3 is 1.89 bits per heavy atom. The number of hydrogen-bond donors (Lipinski definition) is 0. The number of benzene rings is 3. The number of fused-ring (bicyclic) bond motifs is 2. The van der Waals surface area contributed by atoms with Gasteiger partial charge in [-0.15, -0.1) is 0 Å². The first-order valence-corrected chi connectivity index (χ1v) is 12.0. The molecule has 3 aromatic rings. The molecular weight excluding hydrogens is 438 g/mol. The topological polar surface area (TPSA) is 70.1 Å². The van der Waals surface area contributed by atoms with Gasteiger partial charge in [-0.3, -0.25) is 24.3 Å². The quantitative estimate of drug-likeness (QED) is 0.380. The maximum atomic E-state index is 13.7. The molecule has 35 heavy (non-hydrogen) atoms. The van der Waals surface area contributed by atoms with E-state index in [1.54, 1.807) is 24.3 Å². The lowest BCUT2D eigenvalue weighted by Crippen LogP contribution is -2.40. The number of aliphatic imine (C=N–C) groups is 1. The first-order valence-electron chi connectivity index (χ1n) is 12.0. The van der Waals surface area contributed by atoms with Crippen LogP contribution in [0.2, 0.25) is 0 Å². The fourth-order valence-corrected chi connectivity index (χ4v) is 4.86. The van der Waals surface area contributed by atoms with Crippen molar-refractivity contribution in [2.45, 2.75) is 32.2 Å². The third kappa shape index (κ3) is 4.39. The molecule has 0 spiro atoms. The fourth-order valence-electron chi connectivity index (χ4n) is 4.86. The van der Waals surface area contributed by atoms with E-state index in [0.717, 1.165) is 22.5 Å². The summed E-state index contributed by atoms with van der Waals surface area (Å²) in [4.78, 5) is 46.9. The molecule has 0 fully saturated rings. The van der Waals surface area contributed by atoms with Crippen molar-refractivity contribution in [2.75, 3.05) is 18.0 Å². The maximum absolute atomic E-state index is 13.7. The molecule has 0 bridgehead atoms. The van der Waals surface area contributed by atoms with E-state index >= 15 is 0 Å². The highest BCUT2D eigenvalue weighted by molar-refractivity contribution is 6.21. The average molecular weight is 466 g/mol. The monoisotopic (exact) mass is 465 g/mol. The van der Waals surface area contributed by atoms with E-state index in [-0.39, 0.29) is 17.7 Å². The third-order valence-corrected chi connectivity index (χ3v) is 6.65. The number of para-hydroxylation sites is 1. The lowest BCUT2D eigenvalue weighted by atomic mass is 10.0. The van der Waals surface area contributed by atoms with Crippen molar-refractivity contribution in [3.63, 3.8) is 0 Å². The van der Waals surface area contributed by atoms with Gasteiger partial charge in [0.25, 0.3) is 17.7 Å². The van der Waals surface area contributed by atoms with Gasteiger partial charge in [0, 0.05) is 30.8 Å². The van der Waals surface area contributed by atoms with Gasteiger partial charge in [0.2, 0.25) is 0 Å². The van der Waals surface area contributed by atoms with E-state index in [0.29, 0.717) is 43.5 Å². The summed E-state index contributed by atoms with van der Waals surface area (Å²) in [5.74, 6) is -0.513. The fraction of sp³-hybridized carbons (Fsp3) is 0.241. The zero-order chi connectivity index (χ0) is 24.4. The van der Waals surface area contributed by atoms with Crippen LogP contribution in [0.4, 0.5) is 5.69 Å². The van der Waals surface area contributed by atoms with Gasteiger partial charge in [0.1, 0.15) is 6.04 Å². The van der Waals surface area contributed by atoms with Crippen molar-refractivity contribution in [1.82, 2.24) is 4.90 Å². The second-order valence-corrected chi connectivity index (χ2v) is 8.94. The van der Waals surface area contributed by atoms with E-state index in [1.165, 1.54) is 4.90 Å². The predicted molar refractivity (Wildman–Crippen MR) is 136 cm³/mol. The summed E-state index contributed by atoms with van der Waals surface area (Å²) in [6.07, 6.45) is 1.81. The van der Waals surface area contributed by atoms with Crippen LogP contribution in [0.5, 0.6) is 0 Å². The molecule has 2 aliphatic rings. The smallest absolute Gasteiger partial charge is 0.261 e. The molecule has 0 radical (unpaired) electrons. The second kappa shape index (κ2) is 9.66. The van der Waals surface area contributed by atoms with Crippen LogP contribution < -0.4 is 4.90 Å². The van der Waals surface area contributed by atoms with Crippen LogP contribution in [0.25, 0.3) is 0 Å². The van der Waals surface area contributed by atoms with Gasteiger partial charge < -0.3 is 4.90 Å². The molecule has 6 heteroatoms. The Balaban J connectivity index is 1.30. The number of anilines is 1. The Morgan fingerprint density at radius 2 is 1.23 bits per heavy atom. The first kappa shape index (κ1) is 22.7. The largest absolute Gasteiger partial charge is 0.310 e. The summed E-state index contributed by atoms with van der Waals surface area (Å²) in [7, 11) is 0. The SMILES string of the molecule is CC1=NC(Cc2ccccc2)C(=O)N(CCCCN2C(=O)c3ccccc3C2=O)c2ccccc21. The summed E-state index contributed by atoms with van der Waals surface area (Å²) >= 11 is 0. The molecule has 3 amide bonds. The summed E-state index contributed by atoms with van der Waals surface area (Å²) < 4.78 is 0. The Hall–Kier alpha value is -4.06. The van der Waals surface area contributed by atoms with Gasteiger partial charge in [0.05, 0.1) is 16.8 Å². The minimum Gasteiger partial charge on any atom is -0.310 e. The van der Waals surface area contributed by atoms with Crippen molar-refractivity contribution in [2.24, 2.45) is 4.99 Å². The Labute approximate surface area is 204 Å². The molecule has 2 aliphatic heterocycles. The number of nitrogens with zero attached hydrogens (tertiary/aromatic N) is 3. The molecular formula is C29H27N3O3. The lowest BCUT2D eigenvalue weighted by Gasteiger charge is -2.25. The van der Waals surface area contributed by atoms with Crippen LogP contribution in [-0.4, -0.2) is 47.5 Å². The first-order chi connectivity index (χ1) is 17.0. The molecule has 176 valence electrons. The van der Waals surface area contributed by atoms with Crippen molar-refractivity contribution in [3.05, 3.63) is 101 Å². The Morgan fingerprint density at radius 1 is 0.686 bits per heavy atom. The van der Waals surface area contributed by atoms with E-state index in [2.05, 4.69) is 0 Å². The molecule has 5 rings (SSSR count). The van der Waals surface area contributed by atoms with Crippen LogP contribution in [0, 0.1) is 0 Å². The number of imide groups is 1. The zero-order valence-electron chi connectivity index (χ0n) is 19.7. The Kier molecular flexibility index (Phi) is 6.27. The van der Waals surface area contributed by atoms with Gasteiger partial charge in [-0.05, 0) is 43.5 Å². The molecule has 0 saturated carbocycles.